The normalized spacial score (nSPS) is 15.7. The molecule has 0 radical (unpaired) electrons. The summed E-state index contributed by atoms with van der Waals surface area (Å²) in [5, 5.41) is 7.23. The van der Waals surface area contributed by atoms with Gasteiger partial charge in [-0.25, -0.2) is 5.10 Å². The molecule has 2 atom stereocenters. The number of benzene rings is 2. The molecule has 2 aromatic carbocycles. The average Bonchev–Trinajstić information content (AvgIpc) is 3.59. The van der Waals surface area contributed by atoms with Crippen molar-refractivity contribution < 1.29 is 14.0 Å². The van der Waals surface area contributed by atoms with Crippen LogP contribution in [0.5, 0.6) is 0 Å². The Morgan fingerprint density at radius 2 is 2.08 bits per heavy atom. The molecule has 9 heteroatoms. The predicted octanol–water partition coefficient (Wildman–Crippen LogP) is 2.91. The van der Waals surface area contributed by atoms with E-state index in [1.165, 1.54) is 0 Å². The van der Waals surface area contributed by atoms with E-state index in [0.29, 0.717) is 41.2 Å². The van der Waals surface area contributed by atoms with Crippen molar-refractivity contribution in [3.8, 4) is 17.5 Å². The Bertz CT molecular complexity index is 1820. The minimum atomic E-state index is -0.543. The Hall–Kier alpha value is -4.94. The quantitative estimate of drug-likeness (QED) is 0.249. The van der Waals surface area contributed by atoms with Crippen molar-refractivity contribution in [1.29, 1.82) is 0 Å². The average molecular weight is 520 g/mol. The van der Waals surface area contributed by atoms with Gasteiger partial charge in [0.1, 0.15) is 12.4 Å². The number of hydrogen-bond donors (Lipinski definition) is 3. The third kappa shape index (κ3) is 4.51. The lowest BCUT2D eigenvalue weighted by molar-refractivity contribution is -0.577. The third-order valence-corrected chi connectivity index (χ3v) is 6.93. The van der Waals surface area contributed by atoms with Crippen molar-refractivity contribution in [3.63, 3.8) is 0 Å². The van der Waals surface area contributed by atoms with Crippen LogP contribution in [-0.2, 0) is 4.74 Å². The Kier molecular flexibility index (Phi) is 6.31. The van der Waals surface area contributed by atoms with Crippen LogP contribution in [0.3, 0.4) is 0 Å². The lowest BCUT2D eigenvalue weighted by Gasteiger charge is -2.21. The Morgan fingerprint density at radius 1 is 1.23 bits per heavy atom. The second kappa shape index (κ2) is 10.1. The summed E-state index contributed by atoms with van der Waals surface area (Å²) >= 11 is 0. The number of ether oxygens (including phenoxy) is 1. The van der Waals surface area contributed by atoms with Crippen molar-refractivity contribution in [1.82, 2.24) is 20.0 Å². The summed E-state index contributed by atoms with van der Waals surface area (Å²) in [6.07, 6.45) is 4.22. The molecule has 1 amide bonds. The van der Waals surface area contributed by atoms with E-state index in [9.17, 15) is 9.59 Å². The first-order chi connectivity index (χ1) is 19.0. The molecule has 0 bridgehead atoms. The van der Waals surface area contributed by atoms with E-state index < -0.39 is 11.9 Å². The van der Waals surface area contributed by atoms with Gasteiger partial charge in [0.15, 0.2) is 11.4 Å². The number of nitrogens with two attached hydrogens (primary N) is 1. The Labute approximate surface area is 224 Å². The number of carbonyl (C=O) groups is 1. The van der Waals surface area contributed by atoms with Gasteiger partial charge in [0.05, 0.1) is 18.0 Å². The van der Waals surface area contributed by atoms with Crippen LogP contribution in [0.2, 0.25) is 0 Å². The largest absolute Gasteiger partial charge is 0.382 e. The molecular weight excluding hydrogens is 492 g/mol. The van der Waals surface area contributed by atoms with Gasteiger partial charge >= 0.3 is 5.65 Å². The Morgan fingerprint density at radius 3 is 2.87 bits per heavy atom. The highest BCUT2D eigenvalue weighted by molar-refractivity contribution is 6.03. The molecule has 6 rings (SSSR count). The molecule has 1 fully saturated rings. The minimum Gasteiger partial charge on any atom is -0.382 e. The van der Waals surface area contributed by atoms with Crippen molar-refractivity contribution in [3.05, 3.63) is 100 Å². The van der Waals surface area contributed by atoms with Crippen LogP contribution in [0.15, 0.2) is 77.9 Å². The van der Waals surface area contributed by atoms with Gasteiger partial charge in [-0.3, -0.25) is 14.2 Å². The SMILES string of the molecule is CC(NC(=O)c1c(N)[nH][n+]2cccnc12)c1cc2cccc(C#CC3CCOC3)c2c(=O)n1-c1ccccc1. The number of anilines is 1. The second-order valence-corrected chi connectivity index (χ2v) is 9.55. The molecule has 0 spiro atoms. The van der Waals surface area contributed by atoms with Gasteiger partial charge in [-0.15, -0.1) is 4.52 Å². The molecule has 4 N–H and O–H groups in total. The predicted molar refractivity (Wildman–Crippen MR) is 147 cm³/mol. The Balaban J connectivity index is 1.46. The van der Waals surface area contributed by atoms with Gasteiger partial charge in [-0.2, -0.15) is 0 Å². The number of H-pyrrole nitrogens is 1. The molecule has 0 aliphatic carbocycles. The number of aromatic nitrogens is 4. The van der Waals surface area contributed by atoms with Gasteiger partial charge in [-0.05, 0) is 48.0 Å². The number of fused-ring (bicyclic) bond motifs is 2. The molecule has 5 aromatic rings. The summed E-state index contributed by atoms with van der Waals surface area (Å²) in [4.78, 5) is 31.8. The molecule has 39 heavy (non-hydrogen) atoms. The van der Waals surface area contributed by atoms with E-state index in [1.807, 2.05) is 61.5 Å². The molecule has 9 nitrogen and oxygen atoms in total. The maximum atomic E-state index is 14.1. The summed E-state index contributed by atoms with van der Waals surface area (Å²) in [6.45, 7) is 3.16. The molecule has 1 saturated heterocycles. The van der Waals surface area contributed by atoms with Crippen LogP contribution in [0, 0.1) is 17.8 Å². The summed E-state index contributed by atoms with van der Waals surface area (Å²) in [6, 6.07) is 18.2. The maximum absolute atomic E-state index is 14.1. The monoisotopic (exact) mass is 519 g/mol. The van der Waals surface area contributed by atoms with Crippen molar-refractivity contribution >= 4 is 28.1 Å². The molecule has 1 aliphatic heterocycles. The number of nitrogens with zero attached hydrogens (tertiary/aromatic N) is 3. The zero-order valence-corrected chi connectivity index (χ0v) is 21.3. The standard InChI is InChI=1S/C30H26N6O3/c1-19(33-29(37)26-27(31)34-35-15-6-14-32-28(26)35)24-17-22-8-5-7-21(12-11-20-13-16-39-18-20)25(22)30(38)36(24)23-9-3-2-4-10-23/h2-10,14-15,17,19-20H,13,16,18H2,1H3,(H3,31,33,34,37)/p+1. The molecule has 3 aromatic heterocycles. The van der Waals surface area contributed by atoms with Crippen LogP contribution in [-0.4, -0.2) is 33.8 Å². The summed E-state index contributed by atoms with van der Waals surface area (Å²) in [7, 11) is 0. The number of aromatic amines is 1. The van der Waals surface area contributed by atoms with Gasteiger partial charge in [-0.1, -0.05) is 42.2 Å². The van der Waals surface area contributed by atoms with Crippen molar-refractivity contribution in [2.24, 2.45) is 5.92 Å². The van der Waals surface area contributed by atoms with Gasteiger partial charge in [0.25, 0.3) is 11.5 Å². The highest BCUT2D eigenvalue weighted by Crippen LogP contribution is 2.24. The molecule has 2 unspecified atom stereocenters. The van der Waals surface area contributed by atoms with Crippen LogP contribution in [0.1, 0.15) is 41.0 Å². The topological polar surface area (TPSA) is 119 Å². The van der Waals surface area contributed by atoms with E-state index in [1.54, 1.807) is 27.5 Å². The number of nitrogens with one attached hydrogen (secondary N) is 2. The zero-order chi connectivity index (χ0) is 26.9. The smallest absolute Gasteiger partial charge is 0.362 e. The van der Waals surface area contributed by atoms with E-state index >= 15 is 0 Å². The van der Waals surface area contributed by atoms with E-state index in [-0.39, 0.29) is 22.9 Å². The third-order valence-electron chi connectivity index (χ3n) is 6.93. The number of amides is 1. The molecule has 1 aliphatic rings. The van der Waals surface area contributed by atoms with Crippen LogP contribution < -0.4 is 21.1 Å². The fraction of sp³-hybridized carbons (Fsp3) is 0.200. The van der Waals surface area contributed by atoms with E-state index in [2.05, 4.69) is 27.2 Å². The zero-order valence-electron chi connectivity index (χ0n) is 21.3. The van der Waals surface area contributed by atoms with Gasteiger partial charge in [0.2, 0.25) is 0 Å². The summed E-state index contributed by atoms with van der Waals surface area (Å²) < 4.78 is 8.68. The van der Waals surface area contributed by atoms with Crippen LogP contribution >= 0.6 is 0 Å². The molecule has 0 saturated carbocycles. The van der Waals surface area contributed by atoms with E-state index in [0.717, 1.165) is 11.8 Å². The number of rotatable bonds is 4. The second-order valence-electron chi connectivity index (χ2n) is 9.55. The fourth-order valence-electron chi connectivity index (χ4n) is 5.00. The number of carbonyl (C=O) groups excluding carboxylic acids is 1. The first kappa shape index (κ1) is 24.4. The molecule has 194 valence electrons. The lowest BCUT2D eigenvalue weighted by atomic mass is 10.0. The first-order valence-electron chi connectivity index (χ1n) is 12.8. The van der Waals surface area contributed by atoms with Crippen molar-refractivity contribution in [2.45, 2.75) is 19.4 Å². The maximum Gasteiger partial charge on any atom is 0.362 e. The number of para-hydroxylation sites is 1. The number of nitrogen functional groups attached to an aromatic ring is 1. The fourth-order valence-corrected chi connectivity index (χ4v) is 5.00. The summed E-state index contributed by atoms with van der Waals surface area (Å²) in [5.74, 6) is 6.47. The number of pyridine rings is 1. The van der Waals surface area contributed by atoms with E-state index in [4.69, 9.17) is 10.5 Å². The molecular formula is C30H27N6O3+. The van der Waals surface area contributed by atoms with Crippen LogP contribution in [0.25, 0.3) is 22.1 Å². The van der Waals surface area contributed by atoms with Gasteiger partial charge < -0.3 is 15.8 Å². The molecule has 4 heterocycles. The highest BCUT2D eigenvalue weighted by Gasteiger charge is 2.27. The van der Waals surface area contributed by atoms with Gasteiger partial charge in [0, 0.05) is 35.5 Å². The lowest BCUT2D eigenvalue weighted by Crippen LogP contribution is -2.33. The van der Waals surface area contributed by atoms with Crippen molar-refractivity contribution in [2.75, 3.05) is 18.9 Å². The minimum absolute atomic E-state index is 0.163. The number of hydrogen-bond acceptors (Lipinski definition) is 5. The highest BCUT2D eigenvalue weighted by atomic mass is 16.5. The van der Waals surface area contributed by atoms with Crippen LogP contribution in [0.4, 0.5) is 5.82 Å². The summed E-state index contributed by atoms with van der Waals surface area (Å²) in [5.41, 5.74) is 8.56. The first-order valence-corrected chi connectivity index (χ1v) is 12.8.